The fraction of sp³-hybridized carbons (Fsp3) is 0.571. The van der Waals surface area contributed by atoms with Crippen molar-refractivity contribution in [3.05, 3.63) is 35.9 Å². The van der Waals surface area contributed by atoms with Crippen LogP contribution in [-0.2, 0) is 6.54 Å². The molecular formula is C14H20N2. The molecular weight excluding hydrogens is 196 g/mol. The van der Waals surface area contributed by atoms with Crippen LogP contribution in [0.3, 0.4) is 0 Å². The van der Waals surface area contributed by atoms with Gasteiger partial charge in [-0.05, 0) is 37.4 Å². The molecule has 0 aliphatic carbocycles. The Balaban J connectivity index is 1.56. The van der Waals surface area contributed by atoms with Crippen LogP contribution in [0, 0.1) is 5.92 Å². The Morgan fingerprint density at radius 3 is 2.50 bits per heavy atom. The van der Waals surface area contributed by atoms with Gasteiger partial charge in [0.1, 0.15) is 0 Å². The largest absolute Gasteiger partial charge is 0.308 e. The minimum Gasteiger partial charge on any atom is -0.308 e. The SMILES string of the molecule is c1ccc(CN[C@@H]2CN3CCC2CC3)cc1. The average Bonchev–Trinajstić information content (AvgIpc) is 2.39. The average molecular weight is 216 g/mol. The number of fused-ring (bicyclic) bond motifs is 3. The smallest absolute Gasteiger partial charge is 0.0227 e. The first-order valence-electron chi connectivity index (χ1n) is 6.41. The lowest BCUT2D eigenvalue weighted by Crippen LogP contribution is -2.55. The van der Waals surface area contributed by atoms with Gasteiger partial charge in [-0.3, -0.25) is 0 Å². The molecule has 0 radical (unpaired) electrons. The van der Waals surface area contributed by atoms with Crippen LogP contribution in [-0.4, -0.2) is 30.6 Å². The molecule has 86 valence electrons. The summed E-state index contributed by atoms with van der Waals surface area (Å²) in [4.78, 5) is 2.60. The summed E-state index contributed by atoms with van der Waals surface area (Å²) < 4.78 is 0. The lowest BCUT2D eigenvalue weighted by Gasteiger charge is -2.45. The first-order chi connectivity index (χ1) is 7.92. The van der Waals surface area contributed by atoms with Gasteiger partial charge in [0.15, 0.2) is 0 Å². The van der Waals surface area contributed by atoms with Crippen LogP contribution in [0.4, 0.5) is 0 Å². The quantitative estimate of drug-likeness (QED) is 0.830. The molecule has 3 saturated heterocycles. The molecule has 2 nitrogen and oxygen atoms in total. The zero-order valence-corrected chi connectivity index (χ0v) is 9.73. The predicted molar refractivity (Wildman–Crippen MR) is 66.2 cm³/mol. The minimum absolute atomic E-state index is 0.725. The molecule has 4 rings (SSSR count). The van der Waals surface area contributed by atoms with Gasteiger partial charge in [0.2, 0.25) is 0 Å². The van der Waals surface area contributed by atoms with E-state index in [1.165, 1.54) is 38.0 Å². The number of hydrogen-bond donors (Lipinski definition) is 1. The van der Waals surface area contributed by atoms with E-state index in [1.54, 1.807) is 0 Å². The van der Waals surface area contributed by atoms with Gasteiger partial charge in [-0.2, -0.15) is 0 Å². The lowest BCUT2D eigenvalue weighted by molar-refractivity contribution is 0.0720. The van der Waals surface area contributed by atoms with Gasteiger partial charge in [0.25, 0.3) is 0 Å². The van der Waals surface area contributed by atoms with Crippen LogP contribution in [0.2, 0.25) is 0 Å². The summed E-state index contributed by atoms with van der Waals surface area (Å²) in [6.45, 7) is 4.94. The summed E-state index contributed by atoms with van der Waals surface area (Å²) in [6.07, 6.45) is 2.79. The number of piperidine rings is 3. The van der Waals surface area contributed by atoms with Crippen molar-refractivity contribution in [3.63, 3.8) is 0 Å². The molecule has 0 amide bonds. The highest BCUT2D eigenvalue weighted by Gasteiger charge is 2.33. The molecule has 1 atom stereocenters. The van der Waals surface area contributed by atoms with Gasteiger partial charge < -0.3 is 10.2 Å². The molecule has 0 spiro atoms. The van der Waals surface area contributed by atoms with Crippen molar-refractivity contribution in [2.24, 2.45) is 5.92 Å². The zero-order chi connectivity index (χ0) is 10.8. The molecule has 1 aromatic rings. The predicted octanol–water partition coefficient (Wildman–Crippen LogP) is 1.87. The third-order valence-corrected chi connectivity index (χ3v) is 4.07. The molecule has 2 bridgehead atoms. The third kappa shape index (κ3) is 2.13. The van der Waals surface area contributed by atoms with Crippen LogP contribution in [0.1, 0.15) is 18.4 Å². The van der Waals surface area contributed by atoms with Crippen LogP contribution < -0.4 is 5.32 Å². The van der Waals surface area contributed by atoms with Crippen molar-refractivity contribution in [3.8, 4) is 0 Å². The molecule has 2 heteroatoms. The van der Waals surface area contributed by atoms with Crippen LogP contribution in [0.5, 0.6) is 0 Å². The summed E-state index contributed by atoms with van der Waals surface area (Å²) in [6, 6.07) is 11.4. The number of nitrogens with zero attached hydrogens (tertiary/aromatic N) is 1. The fourth-order valence-corrected chi connectivity index (χ4v) is 3.04. The first kappa shape index (κ1) is 10.3. The topological polar surface area (TPSA) is 15.3 Å². The highest BCUT2D eigenvalue weighted by Crippen LogP contribution is 2.27. The van der Waals surface area contributed by atoms with Crippen molar-refractivity contribution in [1.29, 1.82) is 0 Å². The molecule has 16 heavy (non-hydrogen) atoms. The molecule has 0 saturated carbocycles. The van der Waals surface area contributed by atoms with Gasteiger partial charge in [-0.25, -0.2) is 0 Å². The van der Waals surface area contributed by atoms with E-state index in [-0.39, 0.29) is 0 Å². The van der Waals surface area contributed by atoms with E-state index < -0.39 is 0 Å². The Kier molecular flexibility index (Phi) is 2.94. The molecule has 3 aliphatic rings. The normalized spacial score (nSPS) is 32.9. The third-order valence-electron chi connectivity index (χ3n) is 4.07. The molecule has 0 aromatic heterocycles. The van der Waals surface area contributed by atoms with Gasteiger partial charge in [-0.15, -0.1) is 0 Å². The summed E-state index contributed by atoms with van der Waals surface area (Å²) in [7, 11) is 0. The Hall–Kier alpha value is -0.860. The Bertz CT molecular complexity index is 328. The summed E-state index contributed by atoms with van der Waals surface area (Å²) in [5, 5.41) is 3.73. The van der Waals surface area contributed by atoms with Gasteiger partial charge in [0.05, 0.1) is 0 Å². The molecule has 0 unspecified atom stereocenters. The zero-order valence-electron chi connectivity index (χ0n) is 9.73. The van der Waals surface area contributed by atoms with Gasteiger partial charge >= 0.3 is 0 Å². The monoisotopic (exact) mass is 216 g/mol. The summed E-state index contributed by atoms with van der Waals surface area (Å²) in [5.41, 5.74) is 1.40. The van der Waals surface area contributed by atoms with Crippen LogP contribution >= 0.6 is 0 Å². The number of nitrogens with one attached hydrogen (secondary N) is 1. The second kappa shape index (κ2) is 4.56. The number of hydrogen-bond acceptors (Lipinski definition) is 2. The van der Waals surface area contributed by atoms with E-state index in [2.05, 4.69) is 40.5 Å². The Morgan fingerprint density at radius 2 is 1.88 bits per heavy atom. The van der Waals surface area contributed by atoms with Crippen molar-refractivity contribution < 1.29 is 0 Å². The highest BCUT2D eigenvalue weighted by atomic mass is 15.2. The van der Waals surface area contributed by atoms with Gasteiger partial charge in [0, 0.05) is 19.1 Å². The van der Waals surface area contributed by atoms with Crippen LogP contribution in [0.25, 0.3) is 0 Å². The van der Waals surface area contributed by atoms with Gasteiger partial charge in [-0.1, -0.05) is 30.3 Å². The second-order valence-corrected chi connectivity index (χ2v) is 5.11. The van der Waals surface area contributed by atoms with Crippen LogP contribution in [0.15, 0.2) is 30.3 Å². The Morgan fingerprint density at radius 1 is 1.12 bits per heavy atom. The minimum atomic E-state index is 0.725. The van der Waals surface area contributed by atoms with E-state index in [0.29, 0.717) is 0 Å². The first-order valence-corrected chi connectivity index (χ1v) is 6.41. The summed E-state index contributed by atoms with van der Waals surface area (Å²) in [5.74, 6) is 0.925. The molecule has 3 fully saturated rings. The fourth-order valence-electron chi connectivity index (χ4n) is 3.04. The van der Waals surface area contributed by atoms with E-state index in [1.807, 2.05) is 0 Å². The summed E-state index contributed by atoms with van der Waals surface area (Å²) >= 11 is 0. The lowest BCUT2D eigenvalue weighted by atomic mass is 9.84. The molecule has 1 aromatic carbocycles. The maximum Gasteiger partial charge on any atom is 0.0227 e. The second-order valence-electron chi connectivity index (χ2n) is 5.11. The highest BCUT2D eigenvalue weighted by molar-refractivity contribution is 5.14. The van der Waals surface area contributed by atoms with Crippen molar-refractivity contribution >= 4 is 0 Å². The molecule has 3 heterocycles. The van der Waals surface area contributed by atoms with E-state index in [4.69, 9.17) is 0 Å². The standard InChI is InChI=1S/C14H20N2/c1-2-4-12(5-3-1)10-15-14-11-16-8-6-13(14)7-9-16/h1-5,13-15H,6-11H2/t14-/m1/s1. The number of rotatable bonds is 3. The number of benzene rings is 1. The molecule has 1 N–H and O–H groups in total. The Labute approximate surface area is 97.6 Å². The van der Waals surface area contributed by atoms with E-state index >= 15 is 0 Å². The maximum absolute atomic E-state index is 3.73. The maximum atomic E-state index is 3.73. The van der Waals surface area contributed by atoms with Crippen molar-refractivity contribution in [1.82, 2.24) is 10.2 Å². The van der Waals surface area contributed by atoms with Crippen molar-refractivity contribution in [2.75, 3.05) is 19.6 Å². The molecule has 3 aliphatic heterocycles. The van der Waals surface area contributed by atoms with E-state index in [9.17, 15) is 0 Å². The van der Waals surface area contributed by atoms with Crippen molar-refractivity contribution in [2.45, 2.75) is 25.4 Å². The van der Waals surface area contributed by atoms with E-state index in [0.717, 1.165) is 18.5 Å².